The molecule has 4 nitrogen and oxygen atoms in total. The van der Waals surface area contributed by atoms with E-state index in [0.29, 0.717) is 18.2 Å². The van der Waals surface area contributed by atoms with Crippen LogP contribution in [0.2, 0.25) is 0 Å². The molecule has 0 saturated carbocycles. The average Bonchev–Trinajstić information content (AvgIpc) is 2.55. The van der Waals surface area contributed by atoms with Gasteiger partial charge < -0.3 is 10.6 Å². The first-order valence-electron chi connectivity index (χ1n) is 8.13. The first kappa shape index (κ1) is 17.0. The molecule has 0 bridgehead atoms. The van der Waals surface area contributed by atoms with Gasteiger partial charge in [0.2, 0.25) is 0 Å². The van der Waals surface area contributed by atoms with Gasteiger partial charge in [-0.05, 0) is 42.5 Å². The van der Waals surface area contributed by atoms with Crippen LogP contribution in [0.1, 0.15) is 54.7 Å². The summed E-state index contributed by atoms with van der Waals surface area (Å²) in [5, 5.41) is 6.27. The third-order valence-electron chi connectivity index (χ3n) is 3.73. The number of nitrogens with one attached hydrogen (secondary N) is 2. The molecule has 0 aliphatic heterocycles. The summed E-state index contributed by atoms with van der Waals surface area (Å²) in [4.78, 5) is 16.1. The van der Waals surface area contributed by atoms with Gasteiger partial charge in [-0.1, -0.05) is 39.0 Å². The number of benzene rings is 1. The first-order chi connectivity index (χ1) is 11.0. The number of hydrogen-bond donors (Lipinski definition) is 2. The van der Waals surface area contributed by atoms with Crippen LogP contribution in [-0.2, 0) is 0 Å². The van der Waals surface area contributed by atoms with Crippen molar-refractivity contribution in [3.8, 4) is 0 Å². The number of carbonyl (C=O) groups is 1. The van der Waals surface area contributed by atoms with Gasteiger partial charge in [-0.3, -0.25) is 4.79 Å². The van der Waals surface area contributed by atoms with Crippen LogP contribution >= 0.6 is 0 Å². The van der Waals surface area contributed by atoms with E-state index in [1.807, 2.05) is 13.0 Å². The highest BCUT2D eigenvalue weighted by molar-refractivity contribution is 5.92. The maximum absolute atomic E-state index is 11.9. The van der Waals surface area contributed by atoms with Crippen LogP contribution < -0.4 is 10.6 Å². The molecule has 122 valence electrons. The first-order valence-corrected chi connectivity index (χ1v) is 8.13. The van der Waals surface area contributed by atoms with Crippen LogP contribution in [0, 0.1) is 6.92 Å². The third-order valence-corrected chi connectivity index (χ3v) is 3.73. The fourth-order valence-corrected chi connectivity index (χ4v) is 2.42. The molecule has 1 aromatic heterocycles. The van der Waals surface area contributed by atoms with Crippen molar-refractivity contribution in [1.29, 1.82) is 0 Å². The third kappa shape index (κ3) is 4.31. The van der Waals surface area contributed by atoms with Crippen molar-refractivity contribution in [3.05, 3.63) is 53.3 Å². The fourth-order valence-electron chi connectivity index (χ4n) is 2.42. The molecule has 0 aliphatic carbocycles. The van der Waals surface area contributed by atoms with Crippen molar-refractivity contribution >= 4 is 17.3 Å². The van der Waals surface area contributed by atoms with E-state index in [9.17, 15) is 4.79 Å². The molecule has 1 aromatic carbocycles. The highest BCUT2D eigenvalue weighted by Gasteiger charge is 2.10. The summed E-state index contributed by atoms with van der Waals surface area (Å²) in [5.74, 6) is 0.307. The van der Waals surface area contributed by atoms with E-state index in [-0.39, 0.29) is 5.91 Å². The Labute approximate surface area is 138 Å². The highest BCUT2D eigenvalue weighted by atomic mass is 16.1. The predicted molar refractivity (Wildman–Crippen MR) is 95.4 cm³/mol. The number of aryl methyl sites for hydroxylation is 1. The summed E-state index contributed by atoms with van der Waals surface area (Å²) >= 11 is 0. The predicted octanol–water partition coefficient (Wildman–Crippen LogP) is 4.40. The Hall–Kier alpha value is -2.36. The lowest BCUT2D eigenvalue weighted by atomic mass is 9.98. The average molecular weight is 311 g/mol. The van der Waals surface area contributed by atoms with Crippen molar-refractivity contribution < 1.29 is 4.79 Å². The molecule has 2 aromatic rings. The summed E-state index contributed by atoms with van der Waals surface area (Å²) < 4.78 is 0. The zero-order valence-electron chi connectivity index (χ0n) is 14.3. The number of amides is 1. The van der Waals surface area contributed by atoms with Crippen LogP contribution in [0.25, 0.3) is 0 Å². The van der Waals surface area contributed by atoms with Crippen molar-refractivity contribution in [2.24, 2.45) is 0 Å². The molecule has 1 amide bonds. The molecule has 0 spiro atoms. The van der Waals surface area contributed by atoms with Gasteiger partial charge in [0, 0.05) is 12.2 Å². The monoisotopic (exact) mass is 311 g/mol. The molecule has 23 heavy (non-hydrogen) atoms. The molecule has 0 aliphatic rings. The summed E-state index contributed by atoms with van der Waals surface area (Å²) in [5.41, 5.74) is 4.91. The van der Waals surface area contributed by atoms with E-state index >= 15 is 0 Å². The van der Waals surface area contributed by atoms with Crippen LogP contribution in [0.4, 0.5) is 11.4 Å². The Morgan fingerprint density at radius 3 is 2.61 bits per heavy atom. The Balaban J connectivity index is 2.17. The van der Waals surface area contributed by atoms with Gasteiger partial charge in [-0.15, -0.1) is 0 Å². The summed E-state index contributed by atoms with van der Waals surface area (Å²) in [6.45, 7) is 9.14. The van der Waals surface area contributed by atoms with Crippen molar-refractivity contribution in [3.63, 3.8) is 0 Å². The van der Waals surface area contributed by atoms with Crippen molar-refractivity contribution in [1.82, 2.24) is 10.3 Å². The number of carbonyl (C=O) groups excluding carboxylic acids is 1. The van der Waals surface area contributed by atoms with Crippen LogP contribution in [0.15, 0.2) is 36.5 Å². The van der Waals surface area contributed by atoms with E-state index < -0.39 is 0 Å². The maximum Gasteiger partial charge on any atom is 0.269 e. The number of anilines is 2. The molecule has 2 N–H and O–H groups in total. The number of nitrogens with zero attached hydrogens (tertiary/aromatic N) is 1. The standard InChI is InChI=1S/C19H25N3O/c1-5-11-20-19(23)17-10-9-15(12-21-17)22-18-14(4)7-6-8-16(18)13(2)3/h6-10,12-13,22H,5,11H2,1-4H3,(H,20,23). The van der Waals surface area contributed by atoms with Gasteiger partial charge in [0.05, 0.1) is 11.9 Å². The molecular formula is C19H25N3O. The molecule has 4 heteroatoms. The smallest absolute Gasteiger partial charge is 0.269 e. The second-order valence-corrected chi connectivity index (χ2v) is 6.01. The van der Waals surface area contributed by atoms with Crippen LogP contribution in [-0.4, -0.2) is 17.4 Å². The number of pyridine rings is 1. The number of para-hydroxylation sites is 1. The molecule has 0 fully saturated rings. The minimum absolute atomic E-state index is 0.128. The van der Waals surface area contributed by atoms with Crippen molar-refractivity contribution in [2.75, 3.05) is 11.9 Å². The summed E-state index contributed by atoms with van der Waals surface area (Å²) in [6, 6.07) is 9.95. The SMILES string of the molecule is CCCNC(=O)c1ccc(Nc2c(C)cccc2C(C)C)cn1. The van der Waals surface area contributed by atoms with Gasteiger partial charge in [0.1, 0.15) is 5.69 Å². The lowest BCUT2D eigenvalue weighted by Crippen LogP contribution is -2.24. The summed E-state index contributed by atoms with van der Waals surface area (Å²) in [7, 11) is 0. The highest BCUT2D eigenvalue weighted by Crippen LogP contribution is 2.29. The summed E-state index contributed by atoms with van der Waals surface area (Å²) in [6.07, 6.45) is 2.62. The zero-order valence-corrected chi connectivity index (χ0v) is 14.3. The normalized spacial score (nSPS) is 10.7. The van der Waals surface area contributed by atoms with E-state index in [1.165, 1.54) is 11.1 Å². The van der Waals surface area contributed by atoms with Crippen LogP contribution in [0.5, 0.6) is 0 Å². The van der Waals surface area contributed by atoms with Gasteiger partial charge in [-0.25, -0.2) is 4.98 Å². The van der Waals surface area contributed by atoms with Gasteiger partial charge >= 0.3 is 0 Å². The Morgan fingerprint density at radius 1 is 1.22 bits per heavy atom. The Bertz CT molecular complexity index is 663. The quantitative estimate of drug-likeness (QED) is 0.831. The second-order valence-electron chi connectivity index (χ2n) is 6.01. The number of hydrogen-bond acceptors (Lipinski definition) is 3. The number of rotatable bonds is 6. The molecule has 0 atom stereocenters. The minimum Gasteiger partial charge on any atom is -0.354 e. The van der Waals surface area contributed by atoms with Crippen molar-refractivity contribution in [2.45, 2.75) is 40.0 Å². The fraction of sp³-hybridized carbons (Fsp3) is 0.368. The molecule has 0 unspecified atom stereocenters. The Kier molecular flexibility index (Phi) is 5.74. The van der Waals surface area contributed by atoms with E-state index in [2.05, 4.69) is 54.6 Å². The second kappa shape index (κ2) is 7.77. The van der Waals surface area contributed by atoms with Crippen LogP contribution in [0.3, 0.4) is 0 Å². The van der Waals surface area contributed by atoms with Gasteiger partial charge in [0.15, 0.2) is 0 Å². The lowest BCUT2D eigenvalue weighted by molar-refractivity contribution is 0.0949. The largest absolute Gasteiger partial charge is 0.354 e. The van der Waals surface area contributed by atoms with Gasteiger partial charge in [-0.2, -0.15) is 0 Å². The zero-order chi connectivity index (χ0) is 16.8. The lowest BCUT2D eigenvalue weighted by Gasteiger charge is -2.17. The Morgan fingerprint density at radius 2 is 2.00 bits per heavy atom. The van der Waals surface area contributed by atoms with Gasteiger partial charge in [0.25, 0.3) is 5.91 Å². The molecular weight excluding hydrogens is 286 g/mol. The maximum atomic E-state index is 11.9. The molecule has 0 saturated heterocycles. The minimum atomic E-state index is -0.128. The molecule has 1 heterocycles. The van der Waals surface area contributed by atoms with E-state index in [0.717, 1.165) is 17.8 Å². The molecule has 2 rings (SSSR count). The number of aromatic nitrogens is 1. The van der Waals surface area contributed by atoms with E-state index in [4.69, 9.17) is 0 Å². The topological polar surface area (TPSA) is 54.0 Å². The van der Waals surface area contributed by atoms with E-state index in [1.54, 1.807) is 12.3 Å². The molecule has 0 radical (unpaired) electrons.